The average molecular weight is 452 g/mol. The zero-order chi connectivity index (χ0) is 21.9. The first kappa shape index (κ1) is 22.6. The minimum absolute atomic E-state index is 0.161. The summed E-state index contributed by atoms with van der Waals surface area (Å²) in [6.45, 7) is 9.21. The quantitative estimate of drug-likeness (QED) is 0.651. The van der Waals surface area contributed by atoms with Gasteiger partial charge in [0.25, 0.3) is 10.0 Å². The number of nitrogens with one attached hydrogen (secondary N) is 2. The molecule has 1 aliphatic heterocycles. The molecular formula is C20H29N5O3S2. The molecule has 1 unspecified atom stereocenters. The van der Waals surface area contributed by atoms with Crippen molar-refractivity contribution < 1.29 is 13.2 Å². The van der Waals surface area contributed by atoms with Crippen LogP contribution in [0.2, 0.25) is 0 Å². The van der Waals surface area contributed by atoms with E-state index in [1.807, 2.05) is 24.3 Å². The van der Waals surface area contributed by atoms with Gasteiger partial charge in [0.1, 0.15) is 0 Å². The highest BCUT2D eigenvalue weighted by atomic mass is 32.2. The number of rotatable bonds is 6. The van der Waals surface area contributed by atoms with Gasteiger partial charge in [0.2, 0.25) is 15.4 Å². The summed E-state index contributed by atoms with van der Waals surface area (Å²) in [7, 11) is -3.86. The molecule has 0 bridgehead atoms. The molecule has 3 rings (SSSR count). The maximum absolute atomic E-state index is 12.7. The highest BCUT2D eigenvalue weighted by molar-refractivity contribution is 7.91. The van der Waals surface area contributed by atoms with Crippen molar-refractivity contribution in [2.45, 2.75) is 57.3 Å². The van der Waals surface area contributed by atoms with Crippen LogP contribution in [-0.2, 0) is 14.8 Å². The van der Waals surface area contributed by atoms with Crippen LogP contribution in [0.15, 0.2) is 28.6 Å². The molecule has 1 amide bonds. The molecule has 1 saturated heterocycles. The molecule has 2 N–H and O–H groups in total. The summed E-state index contributed by atoms with van der Waals surface area (Å²) < 4.78 is 27.9. The molecule has 1 aromatic heterocycles. The van der Waals surface area contributed by atoms with Gasteiger partial charge in [-0.2, -0.15) is 0 Å². The highest BCUT2D eigenvalue weighted by Gasteiger charge is 2.26. The Bertz CT molecular complexity index is 975. The molecule has 0 aliphatic carbocycles. The Labute approximate surface area is 182 Å². The molecule has 10 heteroatoms. The van der Waals surface area contributed by atoms with Crippen LogP contribution in [0.3, 0.4) is 0 Å². The van der Waals surface area contributed by atoms with Crippen LogP contribution >= 0.6 is 11.3 Å². The van der Waals surface area contributed by atoms with E-state index in [9.17, 15) is 13.2 Å². The molecule has 1 fully saturated rings. The maximum Gasteiger partial charge on any atom is 0.270 e. The molecular weight excluding hydrogens is 422 g/mol. The standard InChI is InChI=1S/C20H29N5O3S2/c1-14(15-8-10-16(11-9-15)25-12-6-5-7-13-25)24-30(27,28)19-23-22-18(29-19)21-17(26)20(2,3)4/h8-11,14,24H,5-7,12-13H2,1-4H3,(H,21,22,26). The topological polar surface area (TPSA) is 104 Å². The first-order valence-electron chi connectivity index (χ1n) is 10.1. The Morgan fingerprint density at radius 2 is 1.73 bits per heavy atom. The van der Waals surface area contributed by atoms with Crippen LogP contribution < -0.4 is 14.9 Å². The summed E-state index contributed by atoms with van der Waals surface area (Å²) in [4.78, 5) is 14.4. The third-order valence-corrected chi connectivity index (χ3v) is 7.73. The van der Waals surface area contributed by atoms with Crippen molar-refractivity contribution in [2.24, 2.45) is 5.41 Å². The number of carbonyl (C=O) groups is 1. The van der Waals surface area contributed by atoms with Gasteiger partial charge >= 0.3 is 0 Å². The smallest absolute Gasteiger partial charge is 0.270 e. The minimum Gasteiger partial charge on any atom is -0.372 e. The number of hydrogen-bond acceptors (Lipinski definition) is 7. The summed E-state index contributed by atoms with van der Waals surface area (Å²) in [6.07, 6.45) is 3.69. The lowest BCUT2D eigenvalue weighted by Crippen LogP contribution is -2.29. The van der Waals surface area contributed by atoms with Crippen molar-refractivity contribution in [1.82, 2.24) is 14.9 Å². The molecule has 2 aromatic rings. The number of amides is 1. The lowest BCUT2D eigenvalue weighted by Gasteiger charge is -2.29. The van der Waals surface area contributed by atoms with E-state index in [1.54, 1.807) is 27.7 Å². The second-order valence-electron chi connectivity index (χ2n) is 8.56. The van der Waals surface area contributed by atoms with E-state index < -0.39 is 21.5 Å². The number of benzene rings is 1. The average Bonchev–Trinajstić information content (AvgIpc) is 3.17. The summed E-state index contributed by atoms with van der Waals surface area (Å²) in [5, 5.41) is 10.3. The van der Waals surface area contributed by atoms with Crippen molar-refractivity contribution in [3.05, 3.63) is 29.8 Å². The molecule has 1 aliphatic rings. The summed E-state index contributed by atoms with van der Waals surface area (Å²) in [6, 6.07) is 7.55. The second kappa shape index (κ2) is 8.99. The number of anilines is 2. The van der Waals surface area contributed by atoms with Crippen LogP contribution in [0.5, 0.6) is 0 Å². The Balaban J connectivity index is 1.65. The predicted octanol–water partition coefficient (Wildman–Crippen LogP) is 3.55. The molecule has 1 atom stereocenters. The molecule has 0 spiro atoms. The van der Waals surface area contributed by atoms with Gasteiger partial charge in [0.05, 0.1) is 0 Å². The number of nitrogens with zero attached hydrogens (tertiary/aromatic N) is 3. The SMILES string of the molecule is CC(NS(=O)(=O)c1nnc(NC(=O)C(C)(C)C)s1)c1ccc(N2CCCCC2)cc1. The number of aromatic nitrogens is 2. The maximum atomic E-state index is 12.7. The highest BCUT2D eigenvalue weighted by Crippen LogP contribution is 2.26. The van der Waals surface area contributed by atoms with E-state index in [4.69, 9.17) is 0 Å². The van der Waals surface area contributed by atoms with Gasteiger partial charge in [-0.15, -0.1) is 10.2 Å². The first-order chi connectivity index (χ1) is 14.1. The summed E-state index contributed by atoms with van der Waals surface area (Å²) in [5.74, 6) is -0.252. The Hall–Kier alpha value is -2.04. The fourth-order valence-electron chi connectivity index (χ4n) is 3.13. The van der Waals surface area contributed by atoms with Gasteiger partial charge in [-0.3, -0.25) is 4.79 Å². The summed E-state index contributed by atoms with van der Waals surface area (Å²) in [5.41, 5.74) is 1.42. The fraction of sp³-hybridized carbons (Fsp3) is 0.550. The number of hydrogen-bond donors (Lipinski definition) is 2. The molecule has 1 aromatic carbocycles. The van der Waals surface area contributed by atoms with Crippen molar-refractivity contribution in [1.29, 1.82) is 0 Å². The molecule has 8 nitrogen and oxygen atoms in total. The Kier molecular flexibility index (Phi) is 6.78. The zero-order valence-electron chi connectivity index (χ0n) is 17.8. The first-order valence-corrected chi connectivity index (χ1v) is 12.4. The van der Waals surface area contributed by atoms with Gasteiger partial charge in [0, 0.05) is 30.2 Å². The summed E-state index contributed by atoms with van der Waals surface area (Å²) >= 11 is 0.831. The molecule has 164 valence electrons. The van der Waals surface area contributed by atoms with Crippen LogP contribution in [0.25, 0.3) is 0 Å². The van der Waals surface area contributed by atoms with Gasteiger partial charge in [-0.25, -0.2) is 13.1 Å². The molecule has 0 saturated carbocycles. The third kappa shape index (κ3) is 5.55. The van der Waals surface area contributed by atoms with Crippen LogP contribution in [0.1, 0.15) is 58.6 Å². The van der Waals surface area contributed by atoms with E-state index in [1.165, 1.54) is 19.3 Å². The van der Waals surface area contributed by atoms with E-state index in [2.05, 4.69) is 25.1 Å². The second-order valence-corrected chi connectivity index (χ2v) is 11.4. The minimum atomic E-state index is -3.86. The largest absolute Gasteiger partial charge is 0.372 e. The van der Waals surface area contributed by atoms with Crippen molar-refractivity contribution in [3.8, 4) is 0 Å². The van der Waals surface area contributed by atoms with Gasteiger partial charge in [-0.1, -0.05) is 44.2 Å². The van der Waals surface area contributed by atoms with Gasteiger partial charge in [-0.05, 0) is 43.9 Å². The zero-order valence-corrected chi connectivity index (χ0v) is 19.4. The normalized spacial score (nSPS) is 16.3. The van der Waals surface area contributed by atoms with Crippen LogP contribution in [0, 0.1) is 5.41 Å². The number of carbonyl (C=O) groups excluding carboxylic acids is 1. The Morgan fingerprint density at radius 1 is 1.10 bits per heavy atom. The Morgan fingerprint density at radius 3 is 2.33 bits per heavy atom. The van der Waals surface area contributed by atoms with Crippen molar-refractivity contribution >= 4 is 38.1 Å². The van der Waals surface area contributed by atoms with Crippen molar-refractivity contribution in [3.63, 3.8) is 0 Å². The monoisotopic (exact) mass is 451 g/mol. The predicted molar refractivity (Wildman–Crippen MR) is 119 cm³/mol. The lowest BCUT2D eigenvalue weighted by molar-refractivity contribution is -0.123. The van der Waals surface area contributed by atoms with Crippen LogP contribution in [-0.4, -0.2) is 37.6 Å². The van der Waals surface area contributed by atoms with Gasteiger partial charge < -0.3 is 10.2 Å². The fourth-order valence-corrected chi connectivity index (χ4v) is 5.27. The van der Waals surface area contributed by atoms with Crippen LogP contribution in [0.4, 0.5) is 10.8 Å². The van der Waals surface area contributed by atoms with Crippen molar-refractivity contribution in [2.75, 3.05) is 23.3 Å². The molecule has 0 radical (unpaired) electrons. The molecule has 30 heavy (non-hydrogen) atoms. The van der Waals surface area contributed by atoms with E-state index in [0.29, 0.717) is 0 Å². The van der Waals surface area contributed by atoms with E-state index >= 15 is 0 Å². The number of piperidine rings is 1. The van der Waals surface area contributed by atoms with E-state index in [-0.39, 0.29) is 15.4 Å². The molecule has 2 heterocycles. The number of sulfonamides is 1. The third-order valence-electron chi connectivity index (χ3n) is 4.98. The van der Waals surface area contributed by atoms with Gasteiger partial charge in [0.15, 0.2) is 0 Å². The lowest BCUT2D eigenvalue weighted by atomic mass is 9.96. The van der Waals surface area contributed by atoms with E-state index in [0.717, 1.165) is 35.7 Å².